The van der Waals surface area contributed by atoms with E-state index in [1.807, 2.05) is 27.7 Å². The minimum atomic E-state index is -3.16. The Morgan fingerprint density at radius 1 is 1.22 bits per heavy atom. The van der Waals surface area contributed by atoms with Crippen molar-refractivity contribution in [1.29, 1.82) is 0 Å². The monoisotopic (exact) mass is 701 g/mol. The van der Waals surface area contributed by atoms with Gasteiger partial charge in [0.25, 0.3) is 13.7 Å². The molecule has 5 atom stereocenters. The number of aromatic nitrogens is 4. The van der Waals surface area contributed by atoms with Crippen LogP contribution >= 0.6 is 20.7 Å². The molecule has 46 heavy (non-hydrogen) atoms. The summed E-state index contributed by atoms with van der Waals surface area (Å²) in [5.41, 5.74) is 3.59. The van der Waals surface area contributed by atoms with Gasteiger partial charge in [0.2, 0.25) is 5.91 Å². The Morgan fingerprint density at radius 3 is 2.52 bits per heavy atom. The molecule has 2 N–H and O–H groups in total. The van der Waals surface area contributed by atoms with E-state index in [0.29, 0.717) is 17.7 Å². The molecule has 15 nitrogen and oxygen atoms in total. The SMILES string of the molecule is [2H]C[C@H]1O[C@@H](n2cnc3c(NC(=O)C(C)C)ncnc32)[C@@H](OC(=S)N2CCS(=O)(=O)CC2)C1OP(ONCC=C)N(C(C)C)C(C)C. The second-order valence-electron chi connectivity index (χ2n) is 11.8. The molecule has 256 valence electrons. The average molecular weight is 702 g/mol. The molecular weight excluding hydrogens is 655 g/mol. The molecule has 4 rings (SSSR count). The minimum Gasteiger partial charge on any atom is -0.460 e. The summed E-state index contributed by atoms with van der Waals surface area (Å²) in [6.45, 7) is 16.0. The first-order chi connectivity index (χ1) is 22.3. The van der Waals surface area contributed by atoms with E-state index in [0.717, 1.165) is 0 Å². The lowest BCUT2D eigenvalue weighted by Crippen LogP contribution is -2.47. The summed E-state index contributed by atoms with van der Waals surface area (Å²) in [7, 11) is -4.94. The van der Waals surface area contributed by atoms with E-state index in [1.165, 1.54) is 12.7 Å². The zero-order chi connectivity index (χ0) is 34.5. The highest BCUT2D eigenvalue weighted by atomic mass is 32.2. The van der Waals surface area contributed by atoms with Crippen LogP contribution in [0.4, 0.5) is 5.82 Å². The van der Waals surface area contributed by atoms with Gasteiger partial charge in [-0.3, -0.25) is 9.36 Å². The van der Waals surface area contributed by atoms with Crippen molar-refractivity contribution in [2.75, 3.05) is 36.5 Å². The van der Waals surface area contributed by atoms with Crippen molar-refractivity contribution in [2.45, 2.75) is 85.1 Å². The van der Waals surface area contributed by atoms with Crippen LogP contribution in [0.25, 0.3) is 11.2 Å². The van der Waals surface area contributed by atoms with E-state index in [2.05, 4.69) is 37.0 Å². The lowest BCUT2D eigenvalue weighted by Gasteiger charge is -2.38. The highest BCUT2D eigenvalue weighted by Crippen LogP contribution is 2.50. The van der Waals surface area contributed by atoms with E-state index in [1.54, 1.807) is 29.4 Å². The molecule has 0 radical (unpaired) electrons. The second-order valence-corrected chi connectivity index (χ2v) is 15.8. The van der Waals surface area contributed by atoms with Crippen LogP contribution < -0.4 is 10.8 Å². The fourth-order valence-corrected chi connectivity index (χ4v) is 8.16. The zero-order valence-corrected chi connectivity index (χ0v) is 29.6. The van der Waals surface area contributed by atoms with Gasteiger partial charge >= 0.3 is 0 Å². The lowest BCUT2D eigenvalue weighted by atomic mass is 10.1. The molecule has 0 aliphatic carbocycles. The van der Waals surface area contributed by atoms with Crippen LogP contribution in [0.2, 0.25) is 0 Å². The predicted octanol–water partition coefficient (Wildman–Crippen LogP) is 3.18. The normalized spacial score (nSPS) is 24.1. The fraction of sp³-hybridized carbons (Fsp3) is 0.679. The van der Waals surface area contributed by atoms with Crippen LogP contribution in [-0.4, -0.2) is 110 Å². The van der Waals surface area contributed by atoms with Gasteiger partial charge < -0.3 is 24.2 Å². The number of anilines is 1. The van der Waals surface area contributed by atoms with Gasteiger partial charge in [0.1, 0.15) is 12.4 Å². The Labute approximate surface area is 278 Å². The number of carbonyl (C=O) groups is 1. The number of amides is 1. The molecule has 0 bridgehead atoms. The number of fused-ring (bicyclic) bond motifs is 1. The summed E-state index contributed by atoms with van der Waals surface area (Å²) >= 11 is 5.71. The van der Waals surface area contributed by atoms with Gasteiger partial charge in [-0.05, 0) is 46.8 Å². The topological polar surface area (TPSA) is 162 Å². The highest BCUT2D eigenvalue weighted by molar-refractivity contribution is 7.91. The molecule has 2 aliphatic rings. The molecule has 2 aliphatic heterocycles. The first-order valence-corrected chi connectivity index (χ1v) is 18.5. The van der Waals surface area contributed by atoms with Crippen LogP contribution in [0, 0.1) is 5.92 Å². The number of rotatable bonds is 13. The largest absolute Gasteiger partial charge is 0.460 e. The highest BCUT2D eigenvalue weighted by Gasteiger charge is 2.50. The van der Waals surface area contributed by atoms with Gasteiger partial charge in [0, 0.05) is 39.0 Å². The molecule has 2 aromatic rings. The zero-order valence-electron chi connectivity index (χ0n) is 28.0. The first kappa shape index (κ1) is 35.0. The van der Waals surface area contributed by atoms with Gasteiger partial charge in [-0.25, -0.2) is 32.7 Å². The van der Waals surface area contributed by atoms with E-state index in [9.17, 15) is 13.2 Å². The number of thiocarbonyl (C=S) groups is 1. The molecule has 0 saturated carbocycles. The maximum atomic E-state index is 12.5. The van der Waals surface area contributed by atoms with Crippen molar-refractivity contribution in [3.05, 3.63) is 25.3 Å². The Hall–Kier alpha value is -2.37. The smallest absolute Gasteiger partial charge is 0.277 e. The summed E-state index contributed by atoms with van der Waals surface area (Å²) in [4.78, 5) is 27.3. The van der Waals surface area contributed by atoms with Crippen LogP contribution in [0.5, 0.6) is 0 Å². The number of hydrogen-bond acceptors (Lipinski definition) is 13. The van der Waals surface area contributed by atoms with E-state index >= 15 is 0 Å². The lowest BCUT2D eigenvalue weighted by molar-refractivity contribution is -0.118. The van der Waals surface area contributed by atoms with E-state index in [-0.39, 0.29) is 66.4 Å². The first-order valence-electron chi connectivity index (χ1n) is 15.8. The number of ether oxygens (including phenoxy) is 2. The summed E-state index contributed by atoms with van der Waals surface area (Å²) < 4.78 is 62.1. The Balaban J connectivity index is 1.74. The molecule has 2 aromatic heterocycles. The maximum absolute atomic E-state index is 12.5. The third-order valence-corrected chi connectivity index (χ3v) is 11.3. The number of sulfone groups is 1. The molecule has 2 saturated heterocycles. The molecule has 2 unspecified atom stereocenters. The summed E-state index contributed by atoms with van der Waals surface area (Å²) in [5.74, 6) is -0.360. The van der Waals surface area contributed by atoms with Gasteiger partial charge in [0.15, 0.2) is 39.2 Å². The molecule has 1 amide bonds. The number of imidazole rings is 1. The minimum absolute atomic E-state index is 0.0312. The predicted molar refractivity (Wildman–Crippen MR) is 179 cm³/mol. The van der Waals surface area contributed by atoms with Crippen LogP contribution in [0.1, 0.15) is 56.0 Å². The standard InChI is InChI=1S/C28H45N8O7PS2/c1-9-10-32-43-44(36(18(4)5)19(6)7)42-22-20(8)40-27(23(22)41-28(45)34-11-13-46(38,39)14-12-34)35-16-31-21-24(29-15-30-25(21)35)33-26(37)17(2)3/h9,15-20,22-23,27,32H,1,10-14H2,2-8H3,(H,29,30,33,37)/t20-,22?,23+,27-,44?/m1/s1/i8D. The molecule has 0 aromatic carbocycles. The van der Waals surface area contributed by atoms with Crippen LogP contribution in [0.15, 0.2) is 25.3 Å². The number of hydrogen-bond donors (Lipinski definition) is 2. The molecule has 4 heterocycles. The number of nitrogens with zero attached hydrogens (tertiary/aromatic N) is 6. The molecule has 18 heteroatoms. The number of nitrogens with one attached hydrogen (secondary N) is 2. The Bertz CT molecular complexity index is 1490. The van der Waals surface area contributed by atoms with Gasteiger partial charge in [-0.15, -0.1) is 6.58 Å². The van der Waals surface area contributed by atoms with Crippen molar-refractivity contribution < 1.29 is 33.2 Å². The number of carbonyl (C=O) groups excluding carboxylic acids is 1. The van der Waals surface area contributed by atoms with Gasteiger partial charge in [-0.1, -0.05) is 19.9 Å². The molecule has 2 fully saturated rings. The van der Waals surface area contributed by atoms with E-state index in [4.69, 9.17) is 32.2 Å². The quantitative estimate of drug-likeness (QED) is 0.103. The molecular formula is C28H45N8O7PS2. The average Bonchev–Trinajstić information content (AvgIpc) is 3.58. The van der Waals surface area contributed by atoms with E-state index < -0.39 is 42.9 Å². The second kappa shape index (κ2) is 15.7. The Morgan fingerprint density at radius 2 is 1.91 bits per heavy atom. The Kier molecular flexibility index (Phi) is 11.9. The summed E-state index contributed by atoms with van der Waals surface area (Å²) in [6.07, 6.45) is 0.967. The molecule has 0 spiro atoms. The summed E-state index contributed by atoms with van der Waals surface area (Å²) in [5, 5.41) is 2.88. The summed E-state index contributed by atoms with van der Waals surface area (Å²) in [6, 6.07) is 0.0624. The van der Waals surface area contributed by atoms with Crippen molar-refractivity contribution in [3.8, 4) is 0 Å². The van der Waals surface area contributed by atoms with Crippen molar-refractivity contribution in [3.63, 3.8) is 0 Å². The fourth-order valence-electron chi connectivity index (χ4n) is 5.01. The van der Waals surface area contributed by atoms with Crippen molar-refractivity contribution in [2.24, 2.45) is 5.92 Å². The van der Waals surface area contributed by atoms with Crippen LogP contribution in [0.3, 0.4) is 0 Å². The third kappa shape index (κ3) is 8.55. The number of hydroxylamine groups is 1. The maximum Gasteiger partial charge on any atom is 0.277 e. The van der Waals surface area contributed by atoms with Gasteiger partial charge in [0.05, 0.1) is 23.9 Å². The van der Waals surface area contributed by atoms with Crippen molar-refractivity contribution >= 4 is 58.6 Å². The van der Waals surface area contributed by atoms with Gasteiger partial charge in [-0.2, -0.15) is 5.48 Å². The van der Waals surface area contributed by atoms with Crippen molar-refractivity contribution in [1.82, 2.24) is 34.6 Å². The van der Waals surface area contributed by atoms with Crippen LogP contribution in [-0.2, 0) is 33.3 Å². The third-order valence-electron chi connectivity index (χ3n) is 7.35.